The second kappa shape index (κ2) is 3.84. The molecule has 14 heavy (non-hydrogen) atoms. The number of aromatic nitrogens is 2. The van der Waals surface area contributed by atoms with Crippen LogP contribution in [0.2, 0.25) is 0 Å². The third kappa shape index (κ3) is 2.23. The zero-order chi connectivity index (χ0) is 10.9. The number of nitrogens with zero attached hydrogens (tertiary/aromatic N) is 2. The molecular formula is C8H8BrF3N2. The van der Waals surface area contributed by atoms with Gasteiger partial charge in [0.05, 0.1) is 0 Å². The summed E-state index contributed by atoms with van der Waals surface area (Å²) in [7, 11) is 0. The Morgan fingerprint density at radius 1 is 1.29 bits per heavy atom. The molecule has 0 radical (unpaired) electrons. The zero-order valence-corrected chi connectivity index (χ0v) is 9.15. The molecule has 6 heteroatoms. The molecule has 1 aromatic heterocycles. The molecule has 0 spiro atoms. The predicted molar refractivity (Wildman–Crippen MR) is 48.8 cm³/mol. The van der Waals surface area contributed by atoms with Gasteiger partial charge in [-0.2, -0.15) is 13.2 Å². The molecule has 0 aliphatic carbocycles. The van der Waals surface area contributed by atoms with Crippen molar-refractivity contribution in [2.45, 2.75) is 25.9 Å². The monoisotopic (exact) mass is 268 g/mol. The first-order valence-corrected chi connectivity index (χ1v) is 4.71. The van der Waals surface area contributed by atoms with E-state index < -0.39 is 11.9 Å². The molecule has 0 aromatic carbocycles. The van der Waals surface area contributed by atoms with Crippen molar-refractivity contribution in [2.75, 3.05) is 0 Å². The average molecular weight is 269 g/mol. The topological polar surface area (TPSA) is 25.8 Å². The van der Waals surface area contributed by atoms with E-state index in [-0.39, 0.29) is 16.1 Å². The molecule has 0 atom stereocenters. The van der Waals surface area contributed by atoms with Crippen molar-refractivity contribution in [1.82, 2.24) is 9.97 Å². The predicted octanol–water partition coefficient (Wildman–Crippen LogP) is 3.38. The summed E-state index contributed by atoms with van der Waals surface area (Å²) >= 11 is 2.99. The molecule has 0 saturated heterocycles. The van der Waals surface area contributed by atoms with Crippen molar-refractivity contribution >= 4 is 15.9 Å². The minimum absolute atomic E-state index is 0.0972. The van der Waals surface area contributed by atoms with Crippen molar-refractivity contribution in [2.24, 2.45) is 0 Å². The van der Waals surface area contributed by atoms with Crippen LogP contribution in [-0.4, -0.2) is 9.97 Å². The number of rotatable bonds is 1. The molecule has 0 saturated carbocycles. The van der Waals surface area contributed by atoms with Gasteiger partial charge in [-0.05, 0) is 21.8 Å². The van der Waals surface area contributed by atoms with Crippen LogP contribution in [0.25, 0.3) is 0 Å². The first-order chi connectivity index (χ1) is 6.34. The highest BCUT2D eigenvalue weighted by Gasteiger charge is 2.37. The normalized spacial score (nSPS) is 12.2. The molecule has 0 bridgehead atoms. The van der Waals surface area contributed by atoms with Gasteiger partial charge in [-0.3, -0.25) is 0 Å². The van der Waals surface area contributed by atoms with Gasteiger partial charge in [0.25, 0.3) is 0 Å². The zero-order valence-electron chi connectivity index (χ0n) is 7.56. The Labute approximate surface area is 87.7 Å². The van der Waals surface area contributed by atoms with Crippen LogP contribution in [0.4, 0.5) is 13.2 Å². The lowest BCUT2D eigenvalue weighted by atomic mass is 10.0. The number of halogens is 4. The van der Waals surface area contributed by atoms with E-state index in [1.165, 1.54) is 0 Å². The fourth-order valence-electron chi connectivity index (χ4n) is 1.11. The summed E-state index contributed by atoms with van der Waals surface area (Å²) in [4.78, 5) is 6.95. The van der Waals surface area contributed by atoms with E-state index in [4.69, 9.17) is 0 Å². The Morgan fingerprint density at radius 3 is 2.21 bits per heavy atom. The maximum absolute atomic E-state index is 12.5. The van der Waals surface area contributed by atoms with Crippen LogP contribution in [-0.2, 0) is 6.18 Å². The molecule has 2 nitrogen and oxygen atoms in total. The van der Waals surface area contributed by atoms with Crippen molar-refractivity contribution in [3.8, 4) is 0 Å². The van der Waals surface area contributed by atoms with Crippen molar-refractivity contribution in [3.05, 3.63) is 22.2 Å². The van der Waals surface area contributed by atoms with Gasteiger partial charge in [-0.15, -0.1) is 0 Å². The van der Waals surface area contributed by atoms with E-state index in [9.17, 15) is 13.2 Å². The first kappa shape index (κ1) is 11.4. The summed E-state index contributed by atoms with van der Waals surface area (Å²) in [5, 5.41) is 0. The molecule has 0 amide bonds. The van der Waals surface area contributed by atoms with E-state index in [1.54, 1.807) is 13.8 Å². The van der Waals surface area contributed by atoms with E-state index >= 15 is 0 Å². The van der Waals surface area contributed by atoms with E-state index in [0.29, 0.717) is 0 Å². The number of alkyl halides is 3. The Bertz CT molecular complexity index is 336. The van der Waals surface area contributed by atoms with Gasteiger partial charge in [0.1, 0.15) is 10.9 Å². The van der Waals surface area contributed by atoms with Crippen molar-refractivity contribution in [3.63, 3.8) is 0 Å². The van der Waals surface area contributed by atoms with Crippen LogP contribution < -0.4 is 0 Å². The molecular weight excluding hydrogens is 261 g/mol. The molecule has 0 N–H and O–H groups in total. The largest absolute Gasteiger partial charge is 0.433 e. The molecule has 1 heterocycles. The molecule has 0 unspecified atom stereocenters. The maximum Gasteiger partial charge on any atom is 0.433 e. The highest BCUT2D eigenvalue weighted by atomic mass is 79.9. The SMILES string of the molecule is CC(C)c1c(Br)ncnc1C(F)(F)F. The number of hydrogen-bond acceptors (Lipinski definition) is 2. The molecule has 1 rings (SSSR count). The van der Waals surface area contributed by atoms with Gasteiger partial charge < -0.3 is 0 Å². The summed E-state index contributed by atoms with van der Waals surface area (Å²) in [6.45, 7) is 3.33. The third-order valence-corrected chi connectivity index (χ3v) is 2.31. The van der Waals surface area contributed by atoms with Gasteiger partial charge in [-0.25, -0.2) is 9.97 Å². The molecule has 78 valence electrons. The smallest absolute Gasteiger partial charge is 0.231 e. The van der Waals surface area contributed by atoms with Crippen LogP contribution in [0.5, 0.6) is 0 Å². The van der Waals surface area contributed by atoms with Crippen molar-refractivity contribution in [1.29, 1.82) is 0 Å². The van der Waals surface area contributed by atoms with Crippen LogP contribution >= 0.6 is 15.9 Å². The third-order valence-electron chi connectivity index (χ3n) is 1.68. The van der Waals surface area contributed by atoms with Crippen LogP contribution in [0.3, 0.4) is 0 Å². The van der Waals surface area contributed by atoms with Crippen molar-refractivity contribution < 1.29 is 13.2 Å². The molecule has 1 aromatic rings. The Balaban J connectivity index is 3.36. The fraction of sp³-hybridized carbons (Fsp3) is 0.500. The van der Waals surface area contributed by atoms with Gasteiger partial charge in [0, 0.05) is 5.56 Å². The second-order valence-corrected chi connectivity index (χ2v) is 3.83. The second-order valence-electron chi connectivity index (χ2n) is 3.08. The highest BCUT2D eigenvalue weighted by molar-refractivity contribution is 9.10. The van der Waals surface area contributed by atoms with E-state index in [1.807, 2.05) is 0 Å². The first-order valence-electron chi connectivity index (χ1n) is 3.91. The maximum atomic E-state index is 12.5. The lowest BCUT2D eigenvalue weighted by Gasteiger charge is -2.14. The summed E-state index contributed by atoms with van der Waals surface area (Å²) in [5.41, 5.74) is -0.769. The molecule has 0 aliphatic rings. The summed E-state index contributed by atoms with van der Waals surface area (Å²) < 4.78 is 37.6. The number of hydrogen-bond donors (Lipinski definition) is 0. The Kier molecular flexibility index (Phi) is 3.14. The highest BCUT2D eigenvalue weighted by Crippen LogP contribution is 2.35. The van der Waals surface area contributed by atoms with Crippen LogP contribution in [0.1, 0.15) is 31.0 Å². The molecule has 0 aliphatic heterocycles. The Hall–Kier alpha value is -0.650. The molecule has 0 fully saturated rings. The van der Waals surface area contributed by atoms with Gasteiger partial charge in [0.2, 0.25) is 0 Å². The minimum Gasteiger partial charge on any atom is -0.231 e. The van der Waals surface area contributed by atoms with Crippen LogP contribution in [0, 0.1) is 0 Å². The minimum atomic E-state index is -4.43. The summed E-state index contributed by atoms with van der Waals surface area (Å²) in [5.74, 6) is -0.276. The van der Waals surface area contributed by atoms with E-state index in [2.05, 4.69) is 25.9 Å². The lowest BCUT2D eigenvalue weighted by molar-refractivity contribution is -0.142. The van der Waals surface area contributed by atoms with Crippen LogP contribution in [0.15, 0.2) is 10.9 Å². The Morgan fingerprint density at radius 2 is 1.86 bits per heavy atom. The standard InChI is InChI=1S/C8H8BrF3N2/c1-4(2)5-6(8(10,11)12)13-3-14-7(5)9/h3-4H,1-2H3. The fourth-order valence-corrected chi connectivity index (χ4v) is 1.85. The van der Waals surface area contributed by atoms with Gasteiger partial charge in [-0.1, -0.05) is 13.8 Å². The summed E-state index contributed by atoms with van der Waals surface area (Å²) in [6, 6.07) is 0. The average Bonchev–Trinajstić information content (AvgIpc) is 2.01. The van der Waals surface area contributed by atoms with E-state index in [0.717, 1.165) is 6.33 Å². The quantitative estimate of drug-likeness (QED) is 0.730. The summed E-state index contributed by atoms with van der Waals surface area (Å²) in [6.07, 6.45) is -3.52. The van der Waals surface area contributed by atoms with Gasteiger partial charge >= 0.3 is 6.18 Å². The lowest BCUT2D eigenvalue weighted by Crippen LogP contribution is -2.14. The van der Waals surface area contributed by atoms with Gasteiger partial charge in [0.15, 0.2) is 5.69 Å².